The van der Waals surface area contributed by atoms with Crippen molar-refractivity contribution in [2.45, 2.75) is 44.7 Å². The minimum Gasteiger partial charge on any atom is -0.348 e. The van der Waals surface area contributed by atoms with Crippen LogP contribution in [0.3, 0.4) is 0 Å². The van der Waals surface area contributed by atoms with Crippen LogP contribution in [0.1, 0.15) is 54.6 Å². The first kappa shape index (κ1) is 22.8. The molecule has 0 aromatic heterocycles. The van der Waals surface area contributed by atoms with Crippen LogP contribution in [0.2, 0.25) is 5.02 Å². The molecule has 2 unspecified atom stereocenters. The lowest BCUT2D eigenvalue weighted by molar-refractivity contribution is -0.129. The largest absolute Gasteiger partial charge is 0.348 e. The fourth-order valence-electron chi connectivity index (χ4n) is 5.05. The number of carbonyl (C=O) groups excluding carboxylic acids is 2. The molecule has 0 spiro atoms. The molecule has 2 aliphatic rings. The molecule has 2 fully saturated rings. The SMILES string of the molecule is CC(NC(=O)C(C1CCCC1)N1CCN(C(=O)c2ccc(Cl)cc2)CC1)c1ccccc1. The molecule has 6 heteroatoms. The Kier molecular flexibility index (Phi) is 7.48. The molecule has 1 N–H and O–H groups in total. The number of halogens is 1. The summed E-state index contributed by atoms with van der Waals surface area (Å²) in [4.78, 5) is 30.5. The van der Waals surface area contributed by atoms with Gasteiger partial charge in [0, 0.05) is 36.8 Å². The second kappa shape index (κ2) is 10.5. The van der Waals surface area contributed by atoms with Crippen molar-refractivity contribution in [3.05, 3.63) is 70.7 Å². The van der Waals surface area contributed by atoms with Gasteiger partial charge in [0.15, 0.2) is 0 Å². The van der Waals surface area contributed by atoms with E-state index in [2.05, 4.69) is 22.3 Å². The minimum atomic E-state index is -0.128. The molecule has 0 radical (unpaired) electrons. The molecule has 2 aromatic carbocycles. The maximum Gasteiger partial charge on any atom is 0.253 e. The Morgan fingerprint density at radius 3 is 2.19 bits per heavy atom. The van der Waals surface area contributed by atoms with E-state index < -0.39 is 0 Å². The molecule has 4 rings (SSSR count). The van der Waals surface area contributed by atoms with Crippen LogP contribution >= 0.6 is 11.6 Å². The molecule has 2 amide bonds. The molecule has 1 aliphatic heterocycles. The van der Waals surface area contributed by atoms with Crippen LogP contribution in [0.5, 0.6) is 0 Å². The van der Waals surface area contributed by atoms with Crippen molar-refractivity contribution >= 4 is 23.4 Å². The van der Waals surface area contributed by atoms with E-state index in [0.717, 1.165) is 18.4 Å². The van der Waals surface area contributed by atoms with Crippen molar-refractivity contribution in [1.29, 1.82) is 0 Å². The highest BCUT2D eigenvalue weighted by Gasteiger charge is 2.37. The number of nitrogens with zero attached hydrogens (tertiary/aromatic N) is 2. The van der Waals surface area contributed by atoms with Gasteiger partial charge in [0.25, 0.3) is 5.91 Å². The molecule has 1 aliphatic carbocycles. The Morgan fingerprint density at radius 2 is 1.56 bits per heavy atom. The van der Waals surface area contributed by atoms with E-state index in [1.54, 1.807) is 24.3 Å². The van der Waals surface area contributed by atoms with E-state index in [1.807, 2.05) is 30.0 Å². The van der Waals surface area contributed by atoms with Crippen molar-refractivity contribution in [3.8, 4) is 0 Å². The minimum absolute atomic E-state index is 0.0274. The number of hydrogen-bond donors (Lipinski definition) is 1. The highest BCUT2D eigenvalue weighted by molar-refractivity contribution is 6.30. The monoisotopic (exact) mass is 453 g/mol. The average Bonchev–Trinajstić information content (AvgIpc) is 3.34. The molecule has 170 valence electrons. The van der Waals surface area contributed by atoms with Gasteiger partial charge in [-0.25, -0.2) is 0 Å². The third-order valence-corrected chi connectivity index (χ3v) is 7.11. The van der Waals surface area contributed by atoms with Gasteiger partial charge in [-0.15, -0.1) is 0 Å². The van der Waals surface area contributed by atoms with E-state index in [1.165, 1.54) is 12.8 Å². The fourth-order valence-corrected chi connectivity index (χ4v) is 5.18. The zero-order chi connectivity index (χ0) is 22.5. The molecular weight excluding hydrogens is 422 g/mol. The van der Waals surface area contributed by atoms with E-state index in [0.29, 0.717) is 42.7 Å². The van der Waals surface area contributed by atoms with Gasteiger partial charge < -0.3 is 10.2 Å². The summed E-state index contributed by atoms with van der Waals surface area (Å²) in [6, 6.07) is 17.0. The van der Waals surface area contributed by atoms with E-state index in [4.69, 9.17) is 11.6 Å². The summed E-state index contributed by atoms with van der Waals surface area (Å²) in [5.74, 6) is 0.531. The summed E-state index contributed by atoms with van der Waals surface area (Å²) in [5.41, 5.74) is 1.77. The number of piperazine rings is 1. The number of nitrogens with one attached hydrogen (secondary N) is 1. The number of carbonyl (C=O) groups is 2. The summed E-state index contributed by atoms with van der Waals surface area (Å²) >= 11 is 5.95. The molecule has 2 aromatic rings. The van der Waals surface area contributed by atoms with Crippen molar-refractivity contribution in [2.75, 3.05) is 26.2 Å². The quantitative estimate of drug-likeness (QED) is 0.698. The molecule has 1 heterocycles. The van der Waals surface area contributed by atoms with Gasteiger partial charge in [-0.1, -0.05) is 54.8 Å². The van der Waals surface area contributed by atoms with Gasteiger partial charge in [-0.05, 0) is 55.5 Å². The smallest absolute Gasteiger partial charge is 0.253 e. The topological polar surface area (TPSA) is 52.7 Å². The van der Waals surface area contributed by atoms with Gasteiger partial charge in [-0.3, -0.25) is 14.5 Å². The van der Waals surface area contributed by atoms with Crippen LogP contribution in [0.4, 0.5) is 0 Å². The second-order valence-corrected chi connectivity index (χ2v) is 9.40. The first-order chi connectivity index (χ1) is 15.5. The number of benzene rings is 2. The number of hydrogen-bond acceptors (Lipinski definition) is 3. The fraction of sp³-hybridized carbons (Fsp3) is 0.462. The normalized spacial score (nSPS) is 19.5. The second-order valence-electron chi connectivity index (χ2n) is 8.97. The van der Waals surface area contributed by atoms with Crippen LogP contribution in [0, 0.1) is 5.92 Å². The predicted molar refractivity (Wildman–Crippen MR) is 128 cm³/mol. The maximum absolute atomic E-state index is 13.4. The molecule has 0 bridgehead atoms. The van der Waals surface area contributed by atoms with Gasteiger partial charge in [0.1, 0.15) is 0 Å². The summed E-state index contributed by atoms with van der Waals surface area (Å²) < 4.78 is 0. The molecule has 1 saturated heterocycles. The van der Waals surface area contributed by atoms with Crippen molar-refractivity contribution < 1.29 is 9.59 Å². The Balaban J connectivity index is 1.41. The van der Waals surface area contributed by atoms with Gasteiger partial charge in [-0.2, -0.15) is 0 Å². The Labute approximate surface area is 195 Å². The third-order valence-electron chi connectivity index (χ3n) is 6.86. The van der Waals surface area contributed by atoms with E-state index in [9.17, 15) is 9.59 Å². The number of amides is 2. The van der Waals surface area contributed by atoms with Gasteiger partial charge in [0.05, 0.1) is 12.1 Å². The third kappa shape index (κ3) is 5.33. The van der Waals surface area contributed by atoms with Crippen molar-refractivity contribution in [2.24, 2.45) is 5.92 Å². The molecular formula is C26H32ClN3O2. The predicted octanol–water partition coefficient (Wildman–Crippen LogP) is 4.53. The lowest BCUT2D eigenvalue weighted by atomic mass is 9.94. The summed E-state index contributed by atoms with van der Waals surface area (Å²) in [5, 5.41) is 3.89. The highest BCUT2D eigenvalue weighted by Crippen LogP contribution is 2.31. The van der Waals surface area contributed by atoms with E-state index in [-0.39, 0.29) is 23.9 Å². The zero-order valence-corrected chi connectivity index (χ0v) is 19.4. The Hall–Kier alpha value is -2.37. The molecule has 2 atom stereocenters. The Bertz CT molecular complexity index is 904. The highest BCUT2D eigenvalue weighted by atomic mass is 35.5. The standard InChI is InChI=1S/C26H32ClN3O2/c1-19(20-7-3-2-4-8-20)28-25(31)24(21-9-5-6-10-21)29-15-17-30(18-16-29)26(32)22-11-13-23(27)14-12-22/h2-4,7-8,11-14,19,21,24H,5-6,9-10,15-18H2,1H3,(H,28,31). The lowest BCUT2D eigenvalue weighted by Crippen LogP contribution is -2.58. The number of rotatable bonds is 6. The molecule has 1 saturated carbocycles. The van der Waals surface area contributed by atoms with Crippen LogP contribution in [0.25, 0.3) is 0 Å². The molecule has 32 heavy (non-hydrogen) atoms. The summed E-state index contributed by atoms with van der Waals surface area (Å²) in [6.07, 6.45) is 4.58. The zero-order valence-electron chi connectivity index (χ0n) is 18.7. The van der Waals surface area contributed by atoms with Crippen molar-refractivity contribution in [3.63, 3.8) is 0 Å². The van der Waals surface area contributed by atoms with E-state index >= 15 is 0 Å². The first-order valence-corrected chi connectivity index (χ1v) is 12.0. The Morgan fingerprint density at radius 1 is 0.938 bits per heavy atom. The average molecular weight is 454 g/mol. The maximum atomic E-state index is 13.4. The van der Waals surface area contributed by atoms with Crippen LogP contribution in [-0.2, 0) is 4.79 Å². The summed E-state index contributed by atoms with van der Waals surface area (Å²) in [6.45, 7) is 4.74. The lowest BCUT2D eigenvalue weighted by Gasteiger charge is -2.41. The van der Waals surface area contributed by atoms with Crippen LogP contribution in [-0.4, -0.2) is 53.8 Å². The van der Waals surface area contributed by atoms with Crippen LogP contribution in [0.15, 0.2) is 54.6 Å². The van der Waals surface area contributed by atoms with Gasteiger partial charge in [0.2, 0.25) is 5.91 Å². The molecule has 5 nitrogen and oxygen atoms in total. The first-order valence-electron chi connectivity index (χ1n) is 11.7. The van der Waals surface area contributed by atoms with Crippen molar-refractivity contribution in [1.82, 2.24) is 15.1 Å². The summed E-state index contributed by atoms with van der Waals surface area (Å²) in [7, 11) is 0. The van der Waals surface area contributed by atoms with Crippen LogP contribution < -0.4 is 5.32 Å². The van der Waals surface area contributed by atoms with Gasteiger partial charge >= 0.3 is 0 Å².